The molecule has 1 aromatic rings. The zero-order valence-electron chi connectivity index (χ0n) is 13.8. The molecule has 1 aliphatic carbocycles. The molecule has 0 aromatic heterocycles. The quantitative estimate of drug-likeness (QED) is 0.635. The first-order valence-corrected chi connectivity index (χ1v) is 7.92. The van der Waals surface area contributed by atoms with E-state index < -0.39 is 10.9 Å². The first-order chi connectivity index (χ1) is 10.7. The number of carboxylic acid groups (broad SMARTS) is 1. The summed E-state index contributed by atoms with van der Waals surface area (Å²) in [5.41, 5.74) is 1.07. The summed E-state index contributed by atoms with van der Waals surface area (Å²) < 4.78 is 0. The van der Waals surface area contributed by atoms with Crippen LogP contribution in [0.4, 0.5) is 11.4 Å². The molecule has 0 spiro atoms. The third-order valence-electron chi connectivity index (χ3n) is 4.36. The zero-order valence-corrected chi connectivity index (χ0v) is 13.8. The standard InChI is InChI=1S/C17H24N2O4/c1-11-6-13(10-17(2,3)9-11)18-14-5-4-12(8-16(20)21)7-15(14)19(22)23/h4-5,7,11,13,18H,6,8-10H2,1-3H3,(H,20,21). The van der Waals surface area contributed by atoms with Gasteiger partial charge in [-0.05, 0) is 42.2 Å². The molecule has 2 rings (SSSR count). The van der Waals surface area contributed by atoms with Crippen LogP contribution in [0.25, 0.3) is 0 Å². The molecule has 2 atom stereocenters. The lowest BCUT2D eigenvalue weighted by Gasteiger charge is -2.39. The Morgan fingerprint density at radius 1 is 1.43 bits per heavy atom. The Morgan fingerprint density at radius 2 is 2.13 bits per heavy atom. The summed E-state index contributed by atoms with van der Waals surface area (Å²) in [7, 11) is 0. The molecule has 6 nitrogen and oxygen atoms in total. The number of nitro groups is 1. The van der Waals surface area contributed by atoms with Gasteiger partial charge in [0, 0.05) is 12.1 Å². The van der Waals surface area contributed by atoms with Crippen LogP contribution in [0, 0.1) is 21.4 Å². The Balaban J connectivity index is 2.21. The van der Waals surface area contributed by atoms with E-state index in [-0.39, 0.29) is 23.6 Å². The van der Waals surface area contributed by atoms with E-state index in [2.05, 4.69) is 26.1 Å². The van der Waals surface area contributed by atoms with Gasteiger partial charge in [-0.1, -0.05) is 26.8 Å². The highest BCUT2D eigenvalue weighted by molar-refractivity contribution is 5.72. The lowest BCUT2D eigenvalue weighted by Crippen LogP contribution is -2.35. The normalized spacial score (nSPS) is 23.3. The number of rotatable bonds is 5. The van der Waals surface area contributed by atoms with E-state index in [0.717, 1.165) is 19.3 Å². The van der Waals surface area contributed by atoms with Gasteiger partial charge in [0.2, 0.25) is 0 Å². The molecule has 0 bridgehead atoms. The Morgan fingerprint density at radius 3 is 2.70 bits per heavy atom. The third-order valence-corrected chi connectivity index (χ3v) is 4.36. The fourth-order valence-electron chi connectivity index (χ4n) is 3.81. The predicted octanol–water partition coefficient (Wildman–Crippen LogP) is 3.85. The monoisotopic (exact) mass is 320 g/mol. The van der Waals surface area contributed by atoms with Gasteiger partial charge in [0.25, 0.3) is 5.69 Å². The van der Waals surface area contributed by atoms with Gasteiger partial charge in [-0.2, -0.15) is 0 Å². The highest BCUT2D eigenvalue weighted by Gasteiger charge is 2.32. The molecular weight excluding hydrogens is 296 g/mol. The maximum absolute atomic E-state index is 11.3. The minimum Gasteiger partial charge on any atom is -0.481 e. The lowest BCUT2D eigenvalue weighted by atomic mass is 9.70. The fourth-order valence-corrected chi connectivity index (χ4v) is 3.81. The minimum atomic E-state index is -0.997. The van der Waals surface area contributed by atoms with Crippen LogP contribution in [0.15, 0.2) is 18.2 Å². The molecule has 1 aromatic carbocycles. The number of benzene rings is 1. The van der Waals surface area contributed by atoms with Crippen LogP contribution in [0.5, 0.6) is 0 Å². The van der Waals surface area contributed by atoms with Crippen LogP contribution in [0.1, 0.15) is 45.6 Å². The number of anilines is 1. The molecule has 0 heterocycles. The lowest BCUT2D eigenvalue weighted by molar-refractivity contribution is -0.384. The SMILES string of the molecule is CC1CC(Nc2ccc(CC(=O)O)cc2[N+](=O)[O-])CC(C)(C)C1. The fraction of sp³-hybridized carbons (Fsp3) is 0.588. The van der Waals surface area contributed by atoms with Crippen molar-refractivity contribution in [2.45, 2.75) is 52.5 Å². The number of hydrogen-bond donors (Lipinski definition) is 2. The van der Waals surface area contributed by atoms with Crippen LogP contribution in [0.2, 0.25) is 0 Å². The highest BCUT2D eigenvalue weighted by atomic mass is 16.6. The summed E-state index contributed by atoms with van der Waals surface area (Å²) >= 11 is 0. The van der Waals surface area contributed by atoms with Crippen LogP contribution in [-0.4, -0.2) is 22.0 Å². The van der Waals surface area contributed by atoms with E-state index in [9.17, 15) is 14.9 Å². The molecule has 1 fully saturated rings. The van der Waals surface area contributed by atoms with Crippen molar-refractivity contribution in [2.24, 2.45) is 11.3 Å². The molecule has 0 saturated heterocycles. The minimum absolute atomic E-state index is 0.0558. The Bertz CT molecular complexity index is 613. The van der Waals surface area contributed by atoms with Crippen LogP contribution in [0.3, 0.4) is 0 Å². The summed E-state index contributed by atoms with van der Waals surface area (Å²) in [4.78, 5) is 21.6. The Hall–Kier alpha value is -2.11. The number of hydrogen-bond acceptors (Lipinski definition) is 4. The molecule has 6 heteroatoms. The van der Waals surface area contributed by atoms with Crippen molar-refractivity contribution in [1.82, 2.24) is 0 Å². The van der Waals surface area contributed by atoms with Crippen LogP contribution >= 0.6 is 0 Å². The molecule has 0 amide bonds. The Kier molecular flexibility index (Phi) is 4.92. The van der Waals surface area contributed by atoms with Gasteiger partial charge in [0.05, 0.1) is 11.3 Å². The van der Waals surface area contributed by atoms with Crippen LogP contribution in [-0.2, 0) is 11.2 Å². The molecule has 2 unspecified atom stereocenters. The summed E-state index contributed by atoms with van der Waals surface area (Å²) in [5.74, 6) is -0.426. The molecule has 1 aliphatic rings. The number of nitro benzene ring substituents is 1. The number of carbonyl (C=O) groups is 1. The van der Waals surface area contributed by atoms with Crippen molar-refractivity contribution in [3.8, 4) is 0 Å². The van der Waals surface area contributed by atoms with Gasteiger partial charge in [-0.25, -0.2) is 0 Å². The molecular formula is C17H24N2O4. The van der Waals surface area contributed by atoms with E-state index in [1.54, 1.807) is 12.1 Å². The summed E-state index contributed by atoms with van der Waals surface area (Å²) in [6, 6.07) is 4.81. The van der Waals surface area contributed by atoms with Crippen molar-refractivity contribution in [1.29, 1.82) is 0 Å². The van der Waals surface area contributed by atoms with Crippen molar-refractivity contribution in [3.05, 3.63) is 33.9 Å². The van der Waals surface area contributed by atoms with Crippen molar-refractivity contribution >= 4 is 17.3 Å². The molecule has 1 saturated carbocycles. The van der Waals surface area contributed by atoms with Gasteiger partial charge >= 0.3 is 5.97 Å². The second-order valence-electron chi connectivity index (χ2n) is 7.43. The molecule has 0 aliphatic heterocycles. The van der Waals surface area contributed by atoms with Gasteiger partial charge in [-0.15, -0.1) is 0 Å². The molecule has 0 radical (unpaired) electrons. The van der Waals surface area contributed by atoms with E-state index in [4.69, 9.17) is 5.11 Å². The number of aliphatic carboxylic acids is 1. The van der Waals surface area contributed by atoms with Gasteiger partial charge in [0.15, 0.2) is 0 Å². The topological polar surface area (TPSA) is 92.5 Å². The first kappa shape index (κ1) is 17.2. The van der Waals surface area contributed by atoms with Crippen molar-refractivity contribution in [2.75, 3.05) is 5.32 Å². The number of nitrogens with one attached hydrogen (secondary N) is 1. The zero-order chi connectivity index (χ0) is 17.2. The van der Waals surface area contributed by atoms with E-state index in [1.807, 2.05) is 0 Å². The molecule has 126 valence electrons. The maximum Gasteiger partial charge on any atom is 0.307 e. The van der Waals surface area contributed by atoms with E-state index >= 15 is 0 Å². The summed E-state index contributed by atoms with van der Waals surface area (Å²) in [5, 5.41) is 23.4. The second kappa shape index (κ2) is 6.56. The summed E-state index contributed by atoms with van der Waals surface area (Å²) in [6.45, 7) is 6.66. The van der Waals surface area contributed by atoms with Gasteiger partial charge < -0.3 is 10.4 Å². The van der Waals surface area contributed by atoms with Crippen molar-refractivity contribution < 1.29 is 14.8 Å². The number of carboxylic acids is 1. The smallest absolute Gasteiger partial charge is 0.307 e. The van der Waals surface area contributed by atoms with Crippen LogP contribution < -0.4 is 5.32 Å². The third kappa shape index (κ3) is 4.68. The maximum atomic E-state index is 11.3. The highest BCUT2D eigenvalue weighted by Crippen LogP contribution is 2.40. The van der Waals surface area contributed by atoms with E-state index in [1.165, 1.54) is 6.07 Å². The van der Waals surface area contributed by atoms with Gasteiger partial charge in [-0.3, -0.25) is 14.9 Å². The van der Waals surface area contributed by atoms with Gasteiger partial charge in [0.1, 0.15) is 5.69 Å². The number of nitrogens with zero attached hydrogens (tertiary/aromatic N) is 1. The first-order valence-electron chi connectivity index (χ1n) is 7.92. The average molecular weight is 320 g/mol. The predicted molar refractivity (Wildman–Crippen MR) is 88.6 cm³/mol. The van der Waals surface area contributed by atoms with Crippen molar-refractivity contribution in [3.63, 3.8) is 0 Å². The second-order valence-corrected chi connectivity index (χ2v) is 7.43. The average Bonchev–Trinajstić information content (AvgIpc) is 2.37. The molecule has 2 N–H and O–H groups in total. The largest absolute Gasteiger partial charge is 0.481 e. The Labute approximate surface area is 136 Å². The van der Waals surface area contributed by atoms with E-state index in [0.29, 0.717) is 17.2 Å². The summed E-state index contributed by atoms with van der Waals surface area (Å²) in [6.07, 6.45) is 2.89. The molecule has 23 heavy (non-hydrogen) atoms.